The first kappa shape index (κ1) is 31.6. The number of ether oxygens (including phenoxy) is 6. The normalized spacial score (nSPS) is 34.3. The van der Waals surface area contributed by atoms with E-state index in [4.69, 9.17) is 28.4 Å². The molecule has 8 nitrogen and oxygen atoms in total. The van der Waals surface area contributed by atoms with Gasteiger partial charge in [0.25, 0.3) is 0 Å². The molecule has 228 valence electrons. The topological polar surface area (TPSA) is 102 Å². The van der Waals surface area contributed by atoms with Gasteiger partial charge in [0.15, 0.2) is 0 Å². The van der Waals surface area contributed by atoms with E-state index in [1.165, 1.54) is 25.7 Å². The van der Waals surface area contributed by atoms with E-state index >= 15 is 0 Å². The molecule has 4 fully saturated rings. The van der Waals surface area contributed by atoms with Crippen LogP contribution in [-0.2, 0) is 28.4 Å². The van der Waals surface area contributed by atoms with Crippen LogP contribution in [0.4, 0.5) is 0 Å². The molecule has 2 heterocycles. The summed E-state index contributed by atoms with van der Waals surface area (Å²) >= 11 is 0. The zero-order valence-corrected chi connectivity index (χ0v) is 24.9. The first-order valence-corrected chi connectivity index (χ1v) is 15.7. The molecule has 2 aliphatic carbocycles. The summed E-state index contributed by atoms with van der Waals surface area (Å²) in [6.45, 7) is 12.6. The third kappa shape index (κ3) is 11.1. The maximum absolute atomic E-state index is 10.4. The lowest BCUT2D eigenvalue weighted by Crippen LogP contribution is -2.39. The molecule has 0 bridgehead atoms. The molecular formula is C31H56O8. The summed E-state index contributed by atoms with van der Waals surface area (Å²) in [6, 6.07) is 0. The molecule has 0 amide bonds. The third-order valence-corrected chi connectivity index (χ3v) is 9.65. The minimum Gasteiger partial charge on any atom is -0.391 e. The van der Waals surface area contributed by atoms with Crippen molar-refractivity contribution in [3.8, 4) is 0 Å². The average molecular weight is 557 g/mol. The van der Waals surface area contributed by atoms with Crippen molar-refractivity contribution in [1.82, 2.24) is 0 Å². The van der Waals surface area contributed by atoms with Crippen LogP contribution in [0.25, 0.3) is 0 Å². The highest BCUT2D eigenvalue weighted by atomic mass is 16.6. The highest BCUT2D eigenvalue weighted by Gasteiger charge is 2.41. The third-order valence-electron chi connectivity index (χ3n) is 9.65. The van der Waals surface area contributed by atoms with Crippen LogP contribution in [0.3, 0.4) is 0 Å². The molecule has 2 aliphatic heterocycles. The van der Waals surface area contributed by atoms with Gasteiger partial charge >= 0.3 is 0 Å². The Morgan fingerprint density at radius 2 is 1.03 bits per heavy atom. The van der Waals surface area contributed by atoms with Crippen molar-refractivity contribution in [2.24, 2.45) is 17.3 Å². The number of rotatable bonds is 18. The molecule has 0 spiro atoms. The predicted molar refractivity (Wildman–Crippen MR) is 149 cm³/mol. The Hall–Kier alpha value is -0.320. The molecule has 6 unspecified atom stereocenters. The highest BCUT2D eigenvalue weighted by Crippen LogP contribution is 2.49. The number of epoxide rings is 2. The second kappa shape index (κ2) is 15.2. The van der Waals surface area contributed by atoms with Crippen LogP contribution in [0, 0.1) is 17.3 Å². The minimum absolute atomic E-state index is 0.0192. The van der Waals surface area contributed by atoms with E-state index in [0.717, 1.165) is 38.9 Å². The van der Waals surface area contributed by atoms with Crippen LogP contribution < -0.4 is 0 Å². The van der Waals surface area contributed by atoms with E-state index in [2.05, 4.69) is 13.8 Å². The van der Waals surface area contributed by atoms with Gasteiger partial charge in [0.05, 0.1) is 76.3 Å². The van der Waals surface area contributed by atoms with Crippen LogP contribution in [0.15, 0.2) is 0 Å². The van der Waals surface area contributed by atoms with E-state index in [9.17, 15) is 10.2 Å². The average Bonchev–Trinajstić information content (AvgIpc) is 3.84. The maximum atomic E-state index is 10.4. The lowest BCUT2D eigenvalue weighted by atomic mass is 9.60. The smallest absolute Gasteiger partial charge is 0.104 e. The van der Waals surface area contributed by atoms with Crippen molar-refractivity contribution in [2.75, 3.05) is 39.6 Å². The molecule has 6 atom stereocenters. The van der Waals surface area contributed by atoms with Crippen LogP contribution in [-0.4, -0.2) is 98.7 Å². The molecule has 2 saturated heterocycles. The quantitative estimate of drug-likeness (QED) is 0.241. The lowest BCUT2D eigenvalue weighted by Gasteiger charge is -2.46. The largest absolute Gasteiger partial charge is 0.391 e. The molecule has 39 heavy (non-hydrogen) atoms. The second-order valence-electron chi connectivity index (χ2n) is 13.4. The van der Waals surface area contributed by atoms with Gasteiger partial charge in [0.2, 0.25) is 0 Å². The van der Waals surface area contributed by atoms with E-state index in [-0.39, 0.29) is 36.6 Å². The van der Waals surface area contributed by atoms with Gasteiger partial charge in [0, 0.05) is 12.8 Å². The van der Waals surface area contributed by atoms with Crippen molar-refractivity contribution in [1.29, 1.82) is 0 Å². The molecule has 2 saturated carbocycles. The standard InChI is InChI=1S/C31H56O8/c1-21(34-17-29-19-38-29)13-25(32)15-36-27-9-5-23(6-10-27)31(3,4)24-7-11-28(12-8-24)37-16-26(33)14-22(2)35-18-30-20-39-30/h21-30,32-33H,5-20H2,1-4H3. The summed E-state index contributed by atoms with van der Waals surface area (Å²) in [7, 11) is 0. The fourth-order valence-electron chi connectivity index (χ4n) is 6.68. The van der Waals surface area contributed by atoms with Gasteiger partial charge < -0.3 is 38.6 Å². The molecule has 4 aliphatic rings. The van der Waals surface area contributed by atoms with Gasteiger partial charge in [-0.3, -0.25) is 0 Å². The number of aliphatic hydroxyl groups is 2. The van der Waals surface area contributed by atoms with Gasteiger partial charge in [-0.25, -0.2) is 0 Å². The molecule has 8 heteroatoms. The summed E-state index contributed by atoms with van der Waals surface area (Å²) in [5, 5.41) is 20.8. The first-order chi connectivity index (χ1) is 18.7. The summed E-state index contributed by atoms with van der Waals surface area (Å²) in [5.74, 6) is 1.43. The van der Waals surface area contributed by atoms with Crippen molar-refractivity contribution in [3.63, 3.8) is 0 Å². The van der Waals surface area contributed by atoms with Crippen LogP contribution >= 0.6 is 0 Å². The Bertz CT molecular complexity index is 624. The number of hydrogen-bond acceptors (Lipinski definition) is 8. The molecule has 0 aromatic rings. The van der Waals surface area contributed by atoms with E-state index in [1.54, 1.807) is 0 Å². The van der Waals surface area contributed by atoms with E-state index in [0.29, 0.717) is 56.5 Å². The molecule has 0 radical (unpaired) electrons. The lowest BCUT2D eigenvalue weighted by molar-refractivity contribution is -0.0708. The summed E-state index contributed by atoms with van der Waals surface area (Å²) in [5.41, 5.74) is 0.311. The van der Waals surface area contributed by atoms with Gasteiger partial charge in [-0.1, -0.05) is 13.8 Å². The van der Waals surface area contributed by atoms with Crippen LogP contribution in [0.5, 0.6) is 0 Å². The molecule has 0 aromatic carbocycles. The van der Waals surface area contributed by atoms with Gasteiger partial charge in [-0.2, -0.15) is 0 Å². The first-order valence-electron chi connectivity index (χ1n) is 15.7. The minimum atomic E-state index is -0.480. The predicted octanol–water partition coefficient (Wildman–Crippen LogP) is 4.27. The van der Waals surface area contributed by atoms with Crippen LogP contribution in [0.2, 0.25) is 0 Å². The Balaban J connectivity index is 1.06. The zero-order valence-electron chi connectivity index (χ0n) is 24.9. The van der Waals surface area contributed by atoms with Crippen molar-refractivity contribution < 1.29 is 38.6 Å². The Morgan fingerprint density at radius 1 is 0.667 bits per heavy atom. The summed E-state index contributed by atoms with van der Waals surface area (Å²) in [6.07, 6.45) is 10.4. The van der Waals surface area contributed by atoms with Gasteiger partial charge in [0.1, 0.15) is 12.2 Å². The molecule has 0 aromatic heterocycles. The maximum Gasteiger partial charge on any atom is 0.104 e. The second-order valence-corrected chi connectivity index (χ2v) is 13.4. The van der Waals surface area contributed by atoms with E-state index < -0.39 is 12.2 Å². The van der Waals surface area contributed by atoms with E-state index in [1.807, 2.05) is 13.8 Å². The monoisotopic (exact) mass is 556 g/mol. The molecular weight excluding hydrogens is 500 g/mol. The Kier molecular flexibility index (Phi) is 12.4. The van der Waals surface area contributed by atoms with Gasteiger partial charge in [-0.15, -0.1) is 0 Å². The van der Waals surface area contributed by atoms with Crippen molar-refractivity contribution in [2.45, 2.75) is 141 Å². The zero-order chi connectivity index (χ0) is 27.8. The highest BCUT2D eigenvalue weighted by molar-refractivity contribution is 4.91. The van der Waals surface area contributed by atoms with Gasteiger partial charge in [-0.05, 0) is 82.5 Å². The fourth-order valence-corrected chi connectivity index (χ4v) is 6.68. The summed E-state index contributed by atoms with van der Waals surface area (Å²) in [4.78, 5) is 0. The molecule has 2 N–H and O–H groups in total. The van der Waals surface area contributed by atoms with Crippen LogP contribution in [0.1, 0.15) is 91.9 Å². The van der Waals surface area contributed by atoms with Crippen molar-refractivity contribution >= 4 is 0 Å². The SMILES string of the molecule is CC(CC(O)COC1CCC(C(C)(C)C2CCC(OCC(O)CC(C)OCC3CO3)CC2)CC1)OCC1CO1. The molecule has 4 rings (SSSR count). The Morgan fingerprint density at radius 3 is 1.36 bits per heavy atom. The van der Waals surface area contributed by atoms with Crippen molar-refractivity contribution in [3.05, 3.63) is 0 Å². The number of hydrogen-bond donors (Lipinski definition) is 2. The Labute approximate surface area is 236 Å². The summed E-state index contributed by atoms with van der Waals surface area (Å²) < 4.78 is 34.1. The fraction of sp³-hybridized carbons (Fsp3) is 1.00. The number of aliphatic hydroxyl groups excluding tert-OH is 2.